The highest BCUT2D eigenvalue weighted by Gasteiger charge is 2.30. The van der Waals surface area contributed by atoms with Gasteiger partial charge in [-0.15, -0.1) is 31.7 Å². The zero-order valence-corrected chi connectivity index (χ0v) is 20.6. The Labute approximate surface area is 195 Å². The topological polar surface area (TPSA) is 82.8 Å². The smallest absolute Gasteiger partial charge is 0.257 e. The number of rotatable bonds is 5. The Balaban J connectivity index is 1.27. The van der Waals surface area contributed by atoms with Crippen LogP contribution in [0.5, 0.6) is 0 Å². The molecular weight excluding hydrogens is 442 g/mol. The molecule has 168 valence electrons. The van der Waals surface area contributed by atoms with Crippen LogP contribution in [-0.2, 0) is 25.6 Å². The Bertz CT molecular complexity index is 1240. The minimum atomic E-state index is 0.338. The molecule has 0 fully saturated rings. The largest absolute Gasteiger partial charge is 0.469 e. The maximum Gasteiger partial charge on any atom is 0.257 e. The second-order valence-electron chi connectivity index (χ2n) is 9.41. The molecule has 0 N–H and O–H groups in total. The van der Waals surface area contributed by atoms with Crippen LogP contribution in [-0.4, -0.2) is 25.0 Å². The summed E-state index contributed by atoms with van der Waals surface area (Å²) < 4.78 is 13.3. The third-order valence-electron chi connectivity index (χ3n) is 6.24. The van der Waals surface area contributed by atoms with Crippen LogP contribution in [0.3, 0.4) is 0 Å². The van der Waals surface area contributed by atoms with Crippen molar-refractivity contribution in [2.75, 3.05) is 0 Å². The van der Waals surface area contributed by atoms with Gasteiger partial charge in [0.15, 0.2) is 11.0 Å². The highest BCUT2D eigenvalue weighted by Crippen LogP contribution is 2.42. The van der Waals surface area contributed by atoms with Crippen LogP contribution in [0.1, 0.15) is 49.3 Å². The molecule has 0 radical (unpaired) electrons. The lowest BCUT2D eigenvalue weighted by atomic mass is 9.72. The Morgan fingerprint density at radius 2 is 2.06 bits per heavy atom. The van der Waals surface area contributed by atoms with Gasteiger partial charge in [-0.25, -0.2) is 0 Å². The van der Waals surface area contributed by atoms with Gasteiger partial charge in [0.1, 0.15) is 5.76 Å². The van der Waals surface area contributed by atoms with Crippen LogP contribution in [0.15, 0.2) is 32.4 Å². The summed E-state index contributed by atoms with van der Waals surface area (Å²) in [5, 5.41) is 18.0. The van der Waals surface area contributed by atoms with Gasteiger partial charge in [-0.3, -0.25) is 0 Å². The quantitative estimate of drug-likeness (QED) is 0.335. The van der Waals surface area contributed by atoms with E-state index < -0.39 is 0 Å². The molecular formula is C23H27N5O2S2. The Morgan fingerprint density at radius 3 is 2.81 bits per heavy atom. The monoisotopic (exact) mass is 469 g/mol. The maximum atomic E-state index is 6.00. The van der Waals surface area contributed by atoms with Crippen molar-refractivity contribution in [3.05, 3.63) is 40.5 Å². The first-order valence-electron chi connectivity index (χ1n) is 10.8. The molecule has 1 aliphatic rings. The molecule has 1 aliphatic carbocycles. The van der Waals surface area contributed by atoms with E-state index in [0.717, 1.165) is 40.0 Å². The predicted molar refractivity (Wildman–Crippen MR) is 126 cm³/mol. The molecule has 5 rings (SSSR count). The average Bonchev–Trinajstić information content (AvgIpc) is 3.51. The van der Waals surface area contributed by atoms with Gasteiger partial charge in [0.25, 0.3) is 5.89 Å². The van der Waals surface area contributed by atoms with Crippen molar-refractivity contribution < 1.29 is 8.83 Å². The molecule has 7 nitrogen and oxygen atoms in total. The van der Waals surface area contributed by atoms with Gasteiger partial charge in [-0.05, 0) is 55.2 Å². The standard InChI is InChI=1S/C23H27N5O2S2/c1-13-16(8-9-29-13)20-25-27-22(28(20)5)31-12-19-24-26-21(30-19)18-11-14-10-15(23(2,3)4)6-7-17(14)32-18/h8-9,11,15H,6-7,10,12H2,1-5H3/t15-/m0/s1. The van der Waals surface area contributed by atoms with E-state index >= 15 is 0 Å². The number of hydrogen-bond acceptors (Lipinski definition) is 8. The molecule has 0 spiro atoms. The molecule has 1 atom stereocenters. The predicted octanol–water partition coefficient (Wildman–Crippen LogP) is 5.94. The number of aryl methyl sites for hydroxylation is 2. The normalized spacial score (nSPS) is 16.5. The Kier molecular flexibility index (Phi) is 5.49. The Hall–Kier alpha value is -2.39. The average molecular weight is 470 g/mol. The van der Waals surface area contributed by atoms with Crippen molar-refractivity contribution in [1.82, 2.24) is 25.0 Å². The SMILES string of the molecule is Cc1occc1-c1nnc(SCc2nnc(-c3cc4c(s3)CC[C@H](C(C)(C)C)C4)o2)n1C. The van der Waals surface area contributed by atoms with Gasteiger partial charge in [-0.2, -0.15) is 0 Å². The first kappa shape index (κ1) is 21.5. The van der Waals surface area contributed by atoms with E-state index in [0.29, 0.717) is 28.9 Å². The van der Waals surface area contributed by atoms with Crippen molar-refractivity contribution >= 4 is 23.1 Å². The van der Waals surface area contributed by atoms with E-state index in [9.17, 15) is 0 Å². The van der Waals surface area contributed by atoms with Crippen LogP contribution >= 0.6 is 23.1 Å². The van der Waals surface area contributed by atoms with Crippen LogP contribution in [0.4, 0.5) is 0 Å². The number of thioether (sulfide) groups is 1. The summed E-state index contributed by atoms with van der Waals surface area (Å²) in [5.41, 5.74) is 2.73. The van der Waals surface area contributed by atoms with E-state index in [2.05, 4.69) is 47.2 Å². The van der Waals surface area contributed by atoms with E-state index in [1.807, 2.05) is 24.6 Å². The Morgan fingerprint density at radius 1 is 1.22 bits per heavy atom. The highest BCUT2D eigenvalue weighted by atomic mass is 32.2. The summed E-state index contributed by atoms with van der Waals surface area (Å²) in [6.45, 7) is 8.94. The lowest BCUT2D eigenvalue weighted by Gasteiger charge is -2.33. The molecule has 4 heterocycles. The number of nitrogens with zero attached hydrogens (tertiary/aromatic N) is 5. The number of hydrogen-bond donors (Lipinski definition) is 0. The van der Waals surface area contributed by atoms with Crippen molar-refractivity contribution in [2.24, 2.45) is 18.4 Å². The molecule has 0 saturated carbocycles. The number of furan rings is 1. The zero-order chi connectivity index (χ0) is 22.5. The second kappa shape index (κ2) is 8.19. The molecule has 0 bridgehead atoms. The molecule has 0 saturated heterocycles. The summed E-state index contributed by atoms with van der Waals surface area (Å²) >= 11 is 3.32. The highest BCUT2D eigenvalue weighted by molar-refractivity contribution is 7.98. The molecule has 0 unspecified atom stereocenters. The van der Waals surface area contributed by atoms with Gasteiger partial charge in [0.05, 0.1) is 22.5 Å². The van der Waals surface area contributed by atoms with Crippen LogP contribution in [0, 0.1) is 18.3 Å². The summed E-state index contributed by atoms with van der Waals surface area (Å²) in [5.74, 6) is 4.07. The summed E-state index contributed by atoms with van der Waals surface area (Å²) in [7, 11) is 1.95. The van der Waals surface area contributed by atoms with Crippen LogP contribution in [0.25, 0.3) is 22.2 Å². The molecule has 0 amide bonds. The van der Waals surface area contributed by atoms with E-state index in [1.165, 1.54) is 28.6 Å². The van der Waals surface area contributed by atoms with Crippen molar-refractivity contribution in [3.63, 3.8) is 0 Å². The van der Waals surface area contributed by atoms with E-state index in [-0.39, 0.29) is 0 Å². The molecule has 32 heavy (non-hydrogen) atoms. The fourth-order valence-electron chi connectivity index (χ4n) is 4.20. The first-order chi connectivity index (χ1) is 15.3. The van der Waals surface area contributed by atoms with Gasteiger partial charge in [-0.1, -0.05) is 32.5 Å². The molecule has 4 aromatic rings. The maximum absolute atomic E-state index is 6.00. The van der Waals surface area contributed by atoms with E-state index in [4.69, 9.17) is 8.83 Å². The van der Waals surface area contributed by atoms with Gasteiger partial charge in [0, 0.05) is 11.9 Å². The third kappa shape index (κ3) is 4.03. The van der Waals surface area contributed by atoms with Crippen molar-refractivity contribution in [2.45, 2.75) is 57.9 Å². The molecule has 9 heteroatoms. The third-order valence-corrected chi connectivity index (χ3v) is 8.47. The van der Waals surface area contributed by atoms with Crippen LogP contribution in [0.2, 0.25) is 0 Å². The lowest BCUT2D eigenvalue weighted by Crippen LogP contribution is -2.26. The molecule has 0 aliphatic heterocycles. The van der Waals surface area contributed by atoms with Gasteiger partial charge in [0.2, 0.25) is 5.89 Å². The van der Waals surface area contributed by atoms with Crippen molar-refractivity contribution in [1.29, 1.82) is 0 Å². The fraction of sp³-hybridized carbons (Fsp3) is 0.478. The molecule has 0 aromatic carbocycles. The second-order valence-corrected chi connectivity index (χ2v) is 11.5. The fourth-order valence-corrected chi connectivity index (χ4v) is 6.08. The number of thiophene rings is 1. The minimum Gasteiger partial charge on any atom is -0.469 e. The first-order valence-corrected chi connectivity index (χ1v) is 12.6. The number of fused-ring (bicyclic) bond motifs is 1. The minimum absolute atomic E-state index is 0.338. The molecule has 4 aromatic heterocycles. The summed E-state index contributed by atoms with van der Waals surface area (Å²) in [4.78, 5) is 2.54. The van der Waals surface area contributed by atoms with Gasteiger partial charge >= 0.3 is 0 Å². The summed E-state index contributed by atoms with van der Waals surface area (Å²) in [6, 6.07) is 4.16. The van der Waals surface area contributed by atoms with E-state index in [1.54, 1.807) is 17.6 Å². The zero-order valence-electron chi connectivity index (χ0n) is 19.0. The van der Waals surface area contributed by atoms with Gasteiger partial charge < -0.3 is 13.4 Å². The summed E-state index contributed by atoms with van der Waals surface area (Å²) in [6.07, 6.45) is 5.19. The van der Waals surface area contributed by atoms with Crippen molar-refractivity contribution in [3.8, 4) is 22.2 Å². The van der Waals surface area contributed by atoms with Crippen LogP contribution < -0.4 is 0 Å². The number of aromatic nitrogens is 5. The lowest BCUT2D eigenvalue weighted by molar-refractivity contribution is 0.217.